The fraction of sp³-hybridized carbons (Fsp3) is 0.581. The second kappa shape index (κ2) is 17.2. The number of nitrogens with zero attached hydrogens (tertiary/aromatic N) is 1. The highest BCUT2D eigenvalue weighted by Gasteiger charge is 2.21. The van der Waals surface area contributed by atoms with Gasteiger partial charge < -0.3 is 14.0 Å². The van der Waals surface area contributed by atoms with E-state index in [1.807, 2.05) is 30.3 Å². The minimum Gasteiger partial charge on any atom is -0.490 e. The van der Waals surface area contributed by atoms with Crippen molar-refractivity contribution in [1.82, 2.24) is 0 Å². The molecule has 194 valence electrons. The van der Waals surface area contributed by atoms with Crippen molar-refractivity contribution in [3.63, 3.8) is 0 Å². The number of rotatable bonds is 19. The summed E-state index contributed by atoms with van der Waals surface area (Å²) in [6, 6.07) is 18.5. The molecule has 0 amide bonds. The topological polar surface area (TPSA) is 35.5 Å². The van der Waals surface area contributed by atoms with E-state index >= 15 is 0 Å². The molecule has 4 nitrogen and oxygen atoms in total. The second-order valence-corrected chi connectivity index (χ2v) is 10.3. The third kappa shape index (κ3) is 13.4. The zero-order valence-electron chi connectivity index (χ0n) is 22.5. The predicted octanol–water partition coefficient (Wildman–Crippen LogP) is 7.35. The summed E-state index contributed by atoms with van der Waals surface area (Å²) in [5.41, 5.74) is 2.46. The lowest BCUT2D eigenvalue weighted by molar-refractivity contribution is -0.896. The predicted molar refractivity (Wildman–Crippen MR) is 146 cm³/mol. The van der Waals surface area contributed by atoms with E-state index in [9.17, 15) is 4.79 Å². The standard InChI is InChI=1S/C31H48NO3/c1-4-5-6-7-8-9-10-11-12-16-21-29-22-17-18-23-30(29)34-24-25-35-31(33)27-32(2,3)26-28-19-14-13-15-20-28/h13-15,17-20,22-23H,4-12,16,21,24-27H2,1-3H3/q+1. The Hall–Kier alpha value is -2.33. The highest BCUT2D eigenvalue weighted by Crippen LogP contribution is 2.21. The molecule has 2 aromatic carbocycles. The number of hydrogen-bond acceptors (Lipinski definition) is 3. The molecule has 2 aromatic rings. The Balaban J connectivity index is 1.60. The van der Waals surface area contributed by atoms with E-state index in [4.69, 9.17) is 9.47 Å². The molecule has 0 spiro atoms. The zero-order valence-corrected chi connectivity index (χ0v) is 22.5. The number of esters is 1. The smallest absolute Gasteiger partial charge is 0.361 e. The van der Waals surface area contributed by atoms with E-state index in [-0.39, 0.29) is 12.6 Å². The van der Waals surface area contributed by atoms with Crippen molar-refractivity contribution < 1.29 is 18.8 Å². The van der Waals surface area contributed by atoms with Crippen LogP contribution in [0.2, 0.25) is 0 Å². The minimum atomic E-state index is -0.187. The van der Waals surface area contributed by atoms with Gasteiger partial charge in [0.25, 0.3) is 0 Å². The summed E-state index contributed by atoms with van der Waals surface area (Å²) in [6.45, 7) is 4.06. The third-order valence-electron chi connectivity index (χ3n) is 6.39. The van der Waals surface area contributed by atoms with E-state index < -0.39 is 0 Å². The molecule has 0 aliphatic heterocycles. The van der Waals surface area contributed by atoms with Crippen molar-refractivity contribution in [3.05, 3.63) is 65.7 Å². The van der Waals surface area contributed by atoms with Crippen molar-refractivity contribution in [2.75, 3.05) is 33.9 Å². The Morgan fingerprint density at radius 3 is 2.03 bits per heavy atom. The molecule has 0 unspecified atom stereocenters. The van der Waals surface area contributed by atoms with Gasteiger partial charge in [0.1, 0.15) is 25.5 Å². The van der Waals surface area contributed by atoms with Crippen molar-refractivity contribution in [1.29, 1.82) is 0 Å². The monoisotopic (exact) mass is 482 g/mol. The lowest BCUT2D eigenvalue weighted by Gasteiger charge is -2.28. The first-order valence-electron chi connectivity index (χ1n) is 13.7. The zero-order chi connectivity index (χ0) is 25.2. The molecular formula is C31H48NO3+. The van der Waals surface area contributed by atoms with Gasteiger partial charge in [0.2, 0.25) is 0 Å². The Morgan fingerprint density at radius 2 is 1.34 bits per heavy atom. The van der Waals surface area contributed by atoms with Gasteiger partial charge in [-0.25, -0.2) is 4.79 Å². The fourth-order valence-corrected chi connectivity index (χ4v) is 4.49. The Kier molecular flexibility index (Phi) is 14.2. The number of para-hydroxylation sites is 1. The molecule has 0 saturated heterocycles. The van der Waals surface area contributed by atoms with Crippen molar-refractivity contribution >= 4 is 5.97 Å². The molecule has 2 rings (SSSR count). The van der Waals surface area contributed by atoms with Crippen LogP contribution in [0.3, 0.4) is 0 Å². The number of carbonyl (C=O) groups excluding carboxylic acids is 1. The number of unbranched alkanes of at least 4 members (excludes halogenated alkanes) is 9. The molecule has 35 heavy (non-hydrogen) atoms. The average Bonchev–Trinajstić information content (AvgIpc) is 2.83. The summed E-state index contributed by atoms with van der Waals surface area (Å²) in [5.74, 6) is 0.729. The molecule has 0 aromatic heterocycles. The van der Waals surface area contributed by atoms with Crippen LogP contribution in [0.4, 0.5) is 0 Å². The van der Waals surface area contributed by atoms with Crippen LogP contribution in [0.1, 0.15) is 82.3 Å². The lowest BCUT2D eigenvalue weighted by atomic mass is 10.0. The summed E-state index contributed by atoms with van der Waals surface area (Å²) in [4.78, 5) is 12.3. The fourth-order valence-electron chi connectivity index (χ4n) is 4.49. The summed E-state index contributed by atoms with van der Waals surface area (Å²) < 4.78 is 12.0. The van der Waals surface area contributed by atoms with Crippen LogP contribution in [-0.2, 0) is 22.5 Å². The summed E-state index contributed by atoms with van der Waals surface area (Å²) in [6.07, 6.45) is 14.5. The van der Waals surface area contributed by atoms with Gasteiger partial charge in [-0.2, -0.15) is 0 Å². The number of benzene rings is 2. The van der Waals surface area contributed by atoms with E-state index in [2.05, 4.69) is 45.3 Å². The lowest BCUT2D eigenvalue weighted by Crippen LogP contribution is -2.43. The largest absolute Gasteiger partial charge is 0.490 e. The molecule has 0 N–H and O–H groups in total. The third-order valence-corrected chi connectivity index (χ3v) is 6.39. The van der Waals surface area contributed by atoms with Crippen molar-refractivity contribution in [2.45, 2.75) is 84.1 Å². The summed E-state index contributed by atoms with van der Waals surface area (Å²) in [5, 5.41) is 0. The van der Waals surface area contributed by atoms with Crippen molar-refractivity contribution in [2.24, 2.45) is 0 Å². The molecule has 0 bridgehead atoms. The molecule has 0 aliphatic carbocycles. The van der Waals surface area contributed by atoms with Gasteiger partial charge in [0.05, 0.1) is 14.1 Å². The van der Waals surface area contributed by atoms with Gasteiger partial charge in [0.15, 0.2) is 6.54 Å². The van der Waals surface area contributed by atoms with Gasteiger partial charge in [-0.15, -0.1) is 0 Å². The number of quaternary nitrogens is 1. The Morgan fingerprint density at radius 1 is 0.743 bits per heavy atom. The Bertz CT molecular complexity index is 819. The van der Waals surface area contributed by atoms with Crippen LogP contribution in [0.5, 0.6) is 5.75 Å². The molecule has 0 heterocycles. The van der Waals surface area contributed by atoms with E-state index in [0.29, 0.717) is 17.6 Å². The maximum absolute atomic E-state index is 12.3. The number of carbonyl (C=O) groups is 1. The van der Waals surface area contributed by atoms with E-state index in [1.165, 1.54) is 75.3 Å². The SMILES string of the molecule is CCCCCCCCCCCCc1ccccc1OCCOC(=O)C[N+](C)(C)Cc1ccccc1. The quantitative estimate of drug-likeness (QED) is 0.119. The molecule has 0 saturated carbocycles. The van der Waals surface area contributed by atoms with E-state index in [1.54, 1.807) is 0 Å². The van der Waals surface area contributed by atoms with Gasteiger partial charge in [-0.05, 0) is 24.5 Å². The maximum Gasteiger partial charge on any atom is 0.361 e. The van der Waals surface area contributed by atoms with Crippen molar-refractivity contribution in [3.8, 4) is 5.75 Å². The van der Waals surface area contributed by atoms with E-state index in [0.717, 1.165) is 18.7 Å². The molecule has 0 radical (unpaired) electrons. The first-order valence-corrected chi connectivity index (χ1v) is 13.7. The van der Waals surface area contributed by atoms with Crippen LogP contribution in [0, 0.1) is 0 Å². The number of likely N-dealkylation sites (N-methyl/N-ethyl adjacent to an activating group) is 1. The number of hydrogen-bond donors (Lipinski definition) is 0. The summed E-state index contributed by atoms with van der Waals surface area (Å²) in [7, 11) is 4.10. The minimum absolute atomic E-state index is 0.187. The molecule has 0 atom stereocenters. The summed E-state index contributed by atoms with van der Waals surface area (Å²) >= 11 is 0. The second-order valence-electron chi connectivity index (χ2n) is 10.3. The molecule has 0 fully saturated rings. The number of aryl methyl sites for hydroxylation is 1. The Labute approximate surface area is 214 Å². The van der Waals surface area contributed by atoms with Gasteiger partial charge in [-0.3, -0.25) is 0 Å². The number of ether oxygens (including phenoxy) is 2. The average molecular weight is 483 g/mol. The molecule has 0 aliphatic rings. The first kappa shape index (κ1) is 28.9. The normalized spacial score (nSPS) is 11.4. The van der Waals surface area contributed by atoms with Crippen LogP contribution in [0.15, 0.2) is 54.6 Å². The van der Waals surface area contributed by atoms with Gasteiger partial charge >= 0.3 is 5.97 Å². The molecular weight excluding hydrogens is 434 g/mol. The molecule has 4 heteroatoms. The maximum atomic E-state index is 12.3. The van der Waals surface area contributed by atoms with Crippen LogP contribution < -0.4 is 4.74 Å². The first-order chi connectivity index (χ1) is 17.0. The van der Waals surface area contributed by atoms with Crippen LogP contribution in [0.25, 0.3) is 0 Å². The van der Waals surface area contributed by atoms with Gasteiger partial charge in [-0.1, -0.05) is 113 Å². The van der Waals surface area contributed by atoms with Gasteiger partial charge in [0, 0.05) is 5.56 Å². The highest BCUT2D eigenvalue weighted by molar-refractivity contribution is 5.70. The van der Waals surface area contributed by atoms with Crippen LogP contribution >= 0.6 is 0 Å². The van der Waals surface area contributed by atoms with Crippen LogP contribution in [-0.4, -0.2) is 44.3 Å². The highest BCUT2D eigenvalue weighted by atomic mass is 16.6.